The zero-order valence-electron chi connectivity index (χ0n) is 15.5. The number of methoxy groups -OCH3 is 1. The molecule has 0 bridgehead atoms. The lowest BCUT2D eigenvalue weighted by atomic mass is 10.1. The summed E-state index contributed by atoms with van der Waals surface area (Å²) in [7, 11) is 1.31. The van der Waals surface area contributed by atoms with Gasteiger partial charge in [0, 0.05) is 18.7 Å². The van der Waals surface area contributed by atoms with Crippen molar-refractivity contribution < 1.29 is 14.3 Å². The maximum atomic E-state index is 12.8. The van der Waals surface area contributed by atoms with Gasteiger partial charge in [0.1, 0.15) is 0 Å². The normalized spacial score (nSPS) is 13.5. The molecule has 1 aliphatic rings. The Morgan fingerprint density at radius 2 is 1.64 bits per heavy atom. The standard InChI is InChI=1S/C21H20N4O3/c1-28-21(27)15-8-6-7-14(13-15)20(26)24-18-19(25-11-4-5-12-25)23-17-10-3-2-9-16(17)22-18/h2-3,6-10,13H,4-5,11-12H2,1H3,(H,22,24,26). The van der Waals surface area contributed by atoms with Crippen LogP contribution in [0.3, 0.4) is 0 Å². The summed E-state index contributed by atoms with van der Waals surface area (Å²) in [5.41, 5.74) is 2.17. The first kappa shape index (κ1) is 17.9. The highest BCUT2D eigenvalue weighted by Gasteiger charge is 2.21. The highest BCUT2D eigenvalue weighted by Crippen LogP contribution is 2.28. The molecule has 3 aromatic rings. The van der Waals surface area contributed by atoms with E-state index in [1.54, 1.807) is 18.2 Å². The molecule has 1 N–H and O–H groups in total. The molecule has 7 heteroatoms. The number of carbonyl (C=O) groups is 2. The summed E-state index contributed by atoms with van der Waals surface area (Å²) in [6, 6.07) is 14.0. The quantitative estimate of drug-likeness (QED) is 0.704. The van der Waals surface area contributed by atoms with Crippen molar-refractivity contribution in [3.05, 3.63) is 59.7 Å². The zero-order valence-corrected chi connectivity index (χ0v) is 15.5. The molecule has 1 aromatic heterocycles. The van der Waals surface area contributed by atoms with Gasteiger partial charge in [-0.1, -0.05) is 18.2 Å². The van der Waals surface area contributed by atoms with E-state index in [-0.39, 0.29) is 5.91 Å². The monoisotopic (exact) mass is 376 g/mol. The summed E-state index contributed by atoms with van der Waals surface area (Å²) < 4.78 is 4.72. The molecule has 0 aliphatic carbocycles. The average molecular weight is 376 g/mol. The summed E-state index contributed by atoms with van der Waals surface area (Å²) in [6.45, 7) is 1.77. The molecule has 0 radical (unpaired) electrons. The van der Waals surface area contributed by atoms with Gasteiger partial charge in [-0.25, -0.2) is 14.8 Å². The van der Waals surface area contributed by atoms with E-state index in [1.165, 1.54) is 13.2 Å². The second kappa shape index (κ2) is 7.64. The number of anilines is 2. The number of rotatable bonds is 4. The van der Waals surface area contributed by atoms with E-state index in [1.807, 2.05) is 24.3 Å². The lowest BCUT2D eigenvalue weighted by Gasteiger charge is -2.20. The summed E-state index contributed by atoms with van der Waals surface area (Å²) in [5, 5.41) is 2.87. The van der Waals surface area contributed by atoms with Gasteiger partial charge in [-0.15, -0.1) is 0 Å². The molecular formula is C21H20N4O3. The number of carbonyl (C=O) groups excluding carboxylic acids is 2. The minimum absolute atomic E-state index is 0.319. The van der Waals surface area contributed by atoms with Crippen LogP contribution >= 0.6 is 0 Å². The third kappa shape index (κ3) is 3.51. The van der Waals surface area contributed by atoms with Crippen LogP contribution in [0, 0.1) is 0 Å². The van der Waals surface area contributed by atoms with Crippen LogP contribution in [0.25, 0.3) is 11.0 Å². The van der Waals surface area contributed by atoms with E-state index in [0.717, 1.165) is 31.4 Å². The third-order valence-corrected chi connectivity index (χ3v) is 4.74. The van der Waals surface area contributed by atoms with Gasteiger partial charge in [0.25, 0.3) is 5.91 Å². The summed E-state index contributed by atoms with van der Waals surface area (Å²) >= 11 is 0. The van der Waals surface area contributed by atoms with Crippen LogP contribution < -0.4 is 10.2 Å². The van der Waals surface area contributed by atoms with Gasteiger partial charge < -0.3 is 15.0 Å². The van der Waals surface area contributed by atoms with Crippen LogP contribution in [-0.2, 0) is 4.74 Å². The number of ether oxygens (including phenoxy) is 1. The maximum absolute atomic E-state index is 12.8. The van der Waals surface area contributed by atoms with Gasteiger partial charge in [0.15, 0.2) is 11.6 Å². The van der Waals surface area contributed by atoms with Crippen molar-refractivity contribution in [2.24, 2.45) is 0 Å². The van der Waals surface area contributed by atoms with Gasteiger partial charge >= 0.3 is 5.97 Å². The molecule has 7 nitrogen and oxygen atoms in total. The summed E-state index contributed by atoms with van der Waals surface area (Å²) in [5.74, 6) is 0.261. The maximum Gasteiger partial charge on any atom is 0.337 e. The number of fused-ring (bicyclic) bond motifs is 1. The van der Waals surface area contributed by atoms with Gasteiger partial charge in [-0.3, -0.25) is 4.79 Å². The number of hydrogen-bond acceptors (Lipinski definition) is 6. The largest absolute Gasteiger partial charge is 0.465 e. The van der Waals surface area contributed by atoms with Gasteiger partial charge in [-0.05, 0) is 43.2 Å². The number of esters is 1. The SMILES string of the molecule is COC(=O)c1cccc(C(=O)Nc2nc3ccccc3nc2N2CCCC2)c1. The predicted molar refractivity (Wildman–Crippen MR) is 107 cm³/mol. The van der Waals surface area contributed by atoms with Crippen molar-refractivity contribution in [1.82, 2.24) is 9.97 Å². The summed E-state index contributed by atoms with van der Waals surface area (Å²) in [6.07, 6.45) is 2.17. The van der Waals surface area contributed by atoms with Crippen molar-refractivity contribution in [2.75, 3.05) is 30.4 Å². The Kier molecular flexibility index (Phi) is 4.89. The molecule has 2 aromatic carbocycles. The van der Waals surface area contributed by atoms with E-state index in [9.17, 15) is 9.59 Å². The minimum Gasteiger partial charge on any atom is -0.465 e. The first-order valence-electron chi connectivity index (χ1n) is 9.17. The van der Waals surface area contributed by atoms with Crippen molar-refractivity contribution in [1.29, 1.82) is 0 Å². The lowest BCUT2D eigenvalue weighted by molar-refractivity contribution is 0.0600. The highest BCUT2D eigenvalue weighted by molar-refractivity contribution is 6.06. The molecule has 142 valence electrons. The Morgan fingerprint density at radius 3 is 2.36 bits per heavy atom. The van der Waals surface area contributed by atoms with Gasteiger partial charge in [0.2, 0.25) is 0 Å². The smallest absolute Gasteiger partial charge is 0.337 e. The van der Waals surface area contributed by atoms with Crippen LogP contribution in [0.15, 0.2) is 48.5 Å². The third-order valence-electron chi connectivity index (χ3n) is 4.74. The van der Waals surface area contributed by atoms with Crippen molar-refractivity contribution >= 4 is 34.5 Å². The molecule has 1 aliphatic heterocycles. The molecule has 1 amide bonds. The Morgan fingerprint density at radius 1 is 0.964 bits per heavy atom. The Balaban J connectivity index is 1.69. The van der Waals surface area contributed by atoms with E-state index >= 15 is 0 Å². The molecule has 4 rings (SSSR count). The number of para-hydroxylation sites is 2. The topological polar surface area (TPSA) is 84.4 Å². The molecule has 1 saturated heterocycles. The Bertz CT molecular complexity index is 1040. The van der Waals surface area contributed by atoms with Crippen LogP contribution in [0.5, 0.6) is 0 Å². The number of nitrogens with one attached hydrogen (secondary N) is 1. The minimum atomic E-state index is -0.488. The van der Waals surface area contributed by atoms with E-state index < -0.39 is 5.97 Å². The number of aromatic nitrogens is 2. The van der Waals surface area contributed by atoms with Crippen LogP contribution in [0.2, 0.25) is 0 Å². The molecule has 0 atom stereocenters. The van der Waals surface area contributed by atoms with Crippen molar-refractivity contribution in [3.8, 4) is 0 Å². The molecule has 0 saturated carbocycles. The number of hydrogen-bond donors (Lipinski definition) is 1. The Hall–Kier alpha value is -3.48. The second-order valence-corrected chi connectivity index (χ2v) is 6.61. The highest BCUT2D eigenvalue weighted by atomic mass is 16.5. The first-order valence-corrected chi connectivity index (χ1v) is 9.17. The lowest BCUT2D eigenvalue weighted by Crippen LogP contribution is -2.23. The van der Waals surface area contributed by atoms with Gasteiger partial charge in [0.05, 0.1) is 23.7 Å². The molecule has 28 heavy (non-hydrogen) atoms. The van der Waals surface area contributed by atoms with Crippen molar-refractivity contribution in [3.63, 3.8) is 0 Å². The van der Waals surface area contributed by atoms with Crippen LogP contribution in [-0.4, -0.2) is 42.0 Å². The van der Waals surface area contributed by atoms with Crippen LogP contribution in [0.4, 0.5) is 11.6 Å². The number of amides is 1. The number of nitrogens with zero attached hydrogens (tertiary/aromatic N) is 3. The Labute approximate surface area is 162 Å². The second-order valence-electron chi connectivity index (χ2n) is 6.61. The zero-order chi connectivity index (χ0) is 19.5. The molecule has 0 spiro atoms. The number of benzene rings is 2. The molecular weight excluding hydrogens is 356 g/mol. The van der Waals surface area contributed by atoms with Crippen LogP contribution in [0.1, 0.15) is 33.6 Å². The average Bonchev–Trinajstić information content (AvgIpc) is 3.27. The summed E-state index contributed by atoms with van der Waals surface area (Å²) in [4.78, 5) is 36.1. The first-order chi connectivity index (χ1) is 13.7. The molecule has 0 unspecified atom stereocenters. The van der Waals surface area contributed by atoms with E-state index in [2.05, 4.69) is 15.2 Å². The van der Waals surface area contributed by atoms with Gasteiger partial charge in [-0.2, -0.15) is 0 Å². The van der Waals surface area contributed by atoms with E-state index in [0.29, 0.717) is 28.3 Å². The molecule has 2 heterocycles. The fourth-order valence-corrected chi connectivity index (χ4v) is 3.31. The fraction of sp³-hybridized carbons (Fsp3) is 0.238. The fourth-order valence-electron chi connectivity index (χ4n) is 3.31. The molecule has 1 fully saturated rings. The van der Waals surface area contributed by atoms with Crippen molar-refractivity contribution in [2.45, 2.75) is 12.8 Å². The van der Waals surface area contributed by atoms with E-state index in [4.69, 9.17) is 9.72 Å². The predicted octanol–water partition coefficient (Wildman–Crippen LogP) is 3.27.